The average molecular weight is 260 g/mol. The molecule has 0 fully saturated rings. The number of fused-ring (bicyclic) bond motifs is 1. The molecule has 0 saturated heterocycles. The smallest absolute Gasteiger partial charge is 0.304 e. The lowest BCUT2D eigenvalue weighted by molar-refractivity contribution is -0.144. The molecular formula is C15H20N2O2. The molecule has 0 aliphatic carbocycles. The fraction of sp³-hybridized carbons (Fsp3) is 0.400. The summed E-state index contributed by atoms with van der Waals surface area (Å²) in [6.45, 7) is 2.71. The largest absolute Gasteiger partial charge is 0.444 e. The van der Waals surface area contributed by atoms with Gasteiger partial charge >= 0.3 is 5.97 Å². The van der Waals surface area contributed by atoms with Crippen molar-refractivity contribution in [1.29, 1.82) is 0 Å². The zero-order chi connectivity index (χ0) is 13.8. The minimum absolute atomic E-state index is 0.257. The Morgan fingerprint density at radius 1 is 1.32 bits per heavy atom. The van der Waals surface area contributed by atoms with Crippen molar-refractivity contribution in [2.75, 3.05) is 20.6 Å². The summed E-state index contributed by atoms with van der Waals surface area (Å²) in [7, 11) is 4.14. The van der Waals surface area contributed by atoms with Crippen molar-refractivity contribution in [2.45, 2.75) is 20.1 Å². The Morgan fingerprint density at radius 2 is 2.05 bits per heavy atom. The van der Waals surface area contributed by atoms with Gasteiger partial charge in [0.25, 0.3) is 0 Å². The van der Waals surface area contributed by atoms with E-state index in [9.17, 15) is 4.79 Å². The molecule has 19 heavy (non-hydrogen) atoms. The van der Waals surface area contributed by atoms with Gasteiger partial charge < -0.3 is 14.2 Å². The predicted octanol–water partition coefficient (Wildman–Crippen LogP) is 2.27. The third-order valence-corrected chi connectivity index (χ3v) is 3.11. The van der Waals surface area contributed by atoms with Gasteiger partial charge in [-0.15, -0.1) is 0 Å². The average Bonchev–Trinajstić information content (AvgIpc) is 2.72. The Kier molecular flexibility index (Phi) is 4.22. The van der Waals surface area contributed by atoms with Crippen molar-refractivity contribution < 1.29 is 9.53 Å². The number of carbonyl (C=O) groups excluding carboxylic acids is 1. The fourth-order valence-electron chi connectivity index (χ4n) is 2.13. The van der Waals surface area contributed by atoms with Gasteiger partial charge in [-0.05, 0) is 32.1 Å². The van der Waals surface area contributed by atoms with Crippen molar-refractivity contribution in [1.82, 2.24) is 9.47 Å². The molecule has 0 amide bonds. The number of carbonyl (C=O) groups is 1. The van der Waals surface area contributed by atoms with Crippen molar-refractivity contribution in [3.05, 3.63) is 36.0 Å². The Hall–Kier alpha value is -1.81. The molecule has 0 aliphatic heterocycles. The number of ether oxygens (including phenoxy) is 1. The normalized spacial score (nSPS) is 11.2. The van der Waals surface area contributed by atoms with Crippen molar-refractivity contribution >= 4 is 16.9 Å². The molecule has 0 radical (unpaired) electrons. The Morgan fingerprint density at radius 3 is 2.74 bits per heavy atom. The molecule has 4 heteroatoms. The van der Waals surface area contributed by atoms with Crippen molar-refractivity contribution in [3.63, 3.8) is 0 Å². The van der Waals surface area contributed by atoms with E-state index >= 15 is 0 Å². The molecule has 0 aliphatic rings. The zero-order valence-electron chi connectivity index (χ0n) is 11.7. The van der Waals surface area contributed by atoms with Crippen LogP contribution in [-0.2, 0) is 22.7 Å². The summed E-state index contributed by atoms with van der Waals surface area (Å²) in [5, 5.41) is 1.23. The molecule has 1 aromatic heterocycles. The number of likely N-dealkylation sites (N-methyl/N-ethyl adjacent to an activating group) is 1. The Bertz CT molecular complexity index is 573. The van der Waals surface area contributed by atoms with Gasteiger partial charge in [-0.1, -0.05) is 18.2 Å². The van der Waals surface area contributed by atoms with Gasteiger partial charge in [0.15, 0.2) is 6.73 Å². The summed E-state index contributed by atoms with van der Waals surface area (Å²) in [4.78, 5) is 13.1. The van der Waals surface area contributed by atoms with E-state index < -0.39 is 0 Å². The first-order valence-corrected chi connectivity index (χ1v) is 6.43. The Labute approximate surface area is 113 Å². The second-order valence-electron chi connectivity index (χ2n) is 4.96. The molecule has 1 heterocycles. The summed E-state index contributed by atoms with van der Waals surface area (Å²) >= 11 is 0. The third-order valence-electron chi connectivity index (χ3n) is 3.11. The van der Waals surface area contributed by atoms with Gasteiger partial charge in [0.1, 0.15) is 0 Å². The highest BCUT2D eigenvalue weighted by molar-refractivity contribution is 5.84. The summed E-state index contributed by atoms with van der Waals surface area (Å²) in [6.07, 6.45) is 3.07. The molecule has 0 N–H and O–H groups in total. The van der Waals surface area contributed by atoms with Crippen LogP contribution in [0, 0.1) is 0 Å². The van der Waals surface area contributed by atoms with E-state index in [0.717, 1.165) is 18.5 Å². The maximum absolute atomic E-state index is 10.9. The van der Waals surface area contributed by atoms with Crippen molar-refractivity contribution in [3.8, 4) is 0 Å². The van der Waals surface area contributed by atoms with Crippen LogP contribution in [0.3, 0.4) is 0 Å². The molecule has 2 aromatic rings. The summed E-state index contributed by atoms with van der Waals surface area (Å²) in [5.41, 5.74) is 2.40. The topological polar surface area (TPSA) is 34.5 Å². The molecule has 0 unspecified atom stereocenters. The van der Waals surface area contributed by atoms with E-state index in [1.807, 2.05) is 16.7 Å². The zero-order valence-corrected chi connectivity index (χ0v) is 11.7. The molecule has 0 spiro atoms. The molecular weight excluding hydrogens is 240 g/mol. The Balaban J connectivity index is 2.28. The fourth-order valence-corrected chi connectivity index (χ4v) is 2.13. The molecule has 2 rings (SSSR count). The lowest BCUT2D eigenvalue weighted by atomic mass is 10.1. The van der Waals surface area contributed by atoms with E-state index in [1.54, 1.807) is 0 Å². The summed E-state index contributed by atoms with van der Waals surface area (Å²) in [5.74, 6) is -0.257. The maximum atomic E-state index is 10.9. The molecule has 0 atom stereocenters. The van der Waals surface area contributed by atoms with Crippen LogP contribution in [0.2, 0.25) is 0 Å². The predicted molar refractivity (Wildman–Crippen MR) is 76.0 cm³/mol. The van der Waals surface area contributed by atoms with Crippen LogP contribution >= 0.6 is 0 Å². The van der Waals surface area contributed by atoms with Crippen LogP contribution in [0.25, 0.3) is 10.9 Å². The van der Waals surface area contributed by atoms with Gasteiger partial charge in [0.05, 0.1) is 5.52 Å². The number of rotatable bonds is 5. The molecule has 0 bridgehead atoms. The van der Waals surface area contributed by atoms with Crippen LogP contribution in [0.1, 0.15) is 12.5 Å². The highest BCUT2D eigenvalue weighted by Gasteiger charge is 2.08. The molecule has 1 aromatic carbocycles. The highest BCUT2D eigenvalue weighted by atomic mass is 16.5. The lowest BCUT2D eigenvalue weighted by Gasteiger charge is -2.08. The van der Waals surface area contributed by atoms with Gasteiger partial charge in [0, 0.05) is 25.1 Å². The summed E-state index contributed by atoms with van der Waals surface area (Å²) < 4.78 is 7.08. The quantitative estimate of drug-likeness (QED) is 0.773. The van der Waals surface area contributed by atoms with Crippen LogP contribution < -0.4 is 0 Å². The van der Waals surface area contributed by atoms with Crippen LogP contribution in [0.4, 0.5) is 0 Å². The number of para-hydroxylation sites is 1. The van der Waals surface area contributed by atoms with Crippen molar-refractivity contribution in [2.24, 2.45) is 0 Å². The van der Waals surface area contributed by atoms with E-state index in [0.29, 0.717) is 0 Å². The minimum atomic E-state index is -0.257. The first kappa shape index (κ1) is 13.6. The SMILES string of the molecule is CC(=O)OCn1cc(CCN(C)C)c2ccccc21. The number of hydrogen-bond donors (Lipinski definition) is 0. The van der Waals surface area contributed by atoms with Gasteiger partial charge in [-0.2, -0.15) is 0 Å². The summed E-state index contributed by atoms with van der Waals surface area (Å²) in [6, 6.07) is 8.21. The first-order chi connectivity index (χ1) is 9.08. The molecule has 0 saturated carbocycles. The van der Waals surface area contributed by atoms with Gasteiger partial charge in [-0.25, -0.2) is 0 Å². The lowest BCUT2D eigenvalue weighted by Crippen LogP contribution is -2.14. The first-order valence-electron chi connectivity index (χ1n) is 6.43. The second-order valence-corrected chi connectivity index (χ2v) is 4.96. The van der Waals surface area contributed by atoms with E-state index in [1.165, 1.54) is 17.9 Å². The highest BCUT2D eigenvalue weighted by Crippen LogP contribution is 2.22. The maximum Gasteiger partial charge on any atom is 0.304 e. The third kappa shape index (κ3) is 3.35. The number of nitrogens with zero attached hydrogens (tertiary/aromatic N) is 2. The standard InChI is InChI=1S/C15H20N2O2/c1-12(18)19-11-17-10-13(8-9-16(2)3)14-6-4-5-7-15(14)17/h4-7,10H,8-9,11H2,1-3H3. The van der Waals surface area contributed by atoms with E-state index in [2.05, 4.69) is 37.3 Å². The number of hydrogen-bond acceptors (Lipinski definition) is 3. The number of benzene rings is 1. The van der Waals surface area contributed by atoms with Crippen LogP contribution in [0.5, 0.6) is 0 Å². The van der Waals surface area contributed by atoms with E-state index in [4.69, 9.17) is 4.74 Å². The monoisotopic (exact) mass is 260 g/mol. The minimum Gasteiger partial charge on any atom is -0.444 e. The van der Waals surface area contributed by atoms with E-state index in [-0.39, 0.29) is 12.7 Å². The number of aromatic nitrogens is 1. The van der Waals surface area contributed by atoms with Crippen LogP contribution in [-0.4, -0.2) is 36.1 Å². The van der Waals surface area contributed by atoms with Gasteiger partial charge in [-0.3, -0.25) is 4.79 Å². The van der Waals surface area contributed by atoms with Crippen LogP contribution in [0.15, 0.2) is 30.5 Å². The second kappa shape index (κ2) is 5.89. The van der Waals surface area contributed by atoms with Gasteiger partial charge in [0.2, 0.25) is 0 Å². The number of esters is 1. The molecule has 102 valence electrons. The molecule has 4 nitrogen and oxygen atoms in total.